The highest BCUT2D eigenvalue weighted by atomic mass is 17.0. The van der Waals surface area contributed by atoms with Crippen LogP contribution in [0.5, 0.6) is 0 Å². The molecule has 1 aliphatic heterocycles. The smallest absolute Gasteiger partial charge is 0.296 e. The molecule has 12 heteroatoms. The molecule has 0 aromatic heterocycles. The molecule has 0 saturated carbocycles. The summed E-state index contributed by atoms with van der Waals surface area (Å²) in [5.41, 5.74) is -0.816. The molecule has 1 aliphatic rings. The van der Waals surface area contributed by atoms with Gasteiger partial charge in [-0.25, -0.2) is 0 Å². The van der Waals surface area contributed by atoms with Crippen molar-refractivity contribution in [2.24, 2.45) is 0 Å². The molecular weight excluding hydrogens is 366 g/mol. The summed E-state index contributed by atoms with van der Waals surface area (Å²) in [5, 5.41) is 27.6. The first-order valence-electron chi connectivity index (χ1n) is 7.52. The van der Waals surface area contributed by atoms with E-state index in [1.165, 1.54) is 7.05 Å². The average molecular weight is 381 g/mol. The second kappa shape index (κ2) is 7.88. The van der Waals surface area contributed by atoms with Gasteiger partial charge in [-0.05, 0) is 12.1 Å². The maximum Gasteiger partial charge on any atom is 0.296 e. The fraction of sp³-hybridized carbons (Fsp3) is 0.333. The number of rotatable bonds is 8. The van der Waals surface area contributed by atoms with Crippen molar-refractivity contribution >= 4 is 24.0 Å². The Hall–Kier alpha value is -3.38. The lowest BCUT2D eigenvalue weighted by atomic mass is 9.99. The third-order valence-electron chi connectivity index (χ3n) is 3.94. The minimum atomic E-state index is -1.17. The highest BCUT2D eigenvalue weighted by Gasteiger charge is 2.40. The summed E-state index contributed by atoms with van der Waals surface area (Å²) in [6.07, 6.45) is 0.297. The standard InChI is InChI=1S/C15H15N3O9/c1-16(7-27-18(25)26)13(22)10-3-12-11(2-8(10)4-19)14(23)17(15(12)24)9(5-20)6-21/h2-4,9,20-21H,5-7H2,1H3. The van der Waals surface area contributed by atoms with Crippen molar-refractivity contribution in [3.8, 4) is 0 Å². The van der Waals surface area contributed by atoms with Gasteiger partial charge < -0.3 is 15.1 Å². The predicted octanol–water partition coefficient (Wildman–Crippen LogP) is -1.31. The van der Waals surface area contributed by atoms with E-state index in [9.17, 15) is 39.5 Å². The van der Waals surface area contributed by atoms with Gasteiger partial charge >= 0.3 is 0 Å². The molecule has 0 unspecified atom stereocenters. The molecule has 0 aliphatic carbocycles. The summed E-state index contributed by atoms with van der Waals surface area (Å²) in [6.45, 7) is -2.05. The molecule has 12 nitrogen and oxygen atoms in total. The summed E-state index contributed by atoms with van der Waals surface area (Å²) in [5.74, 6) is -2.52. The zero-order valence-electron chi connectivity index (χ0n) is 14.0. The minimum absolute atomic E-state index is 0.158. The van der Waals surface area contributed by atoms with Crippen LogP contribution in [0.2, 0.25) is 0 Å². The number of amides is 3. The molecular formula is C15H15N3O9. The van der Waals surface area contributed by atoms with E-state index in [1.54, 1.807) is 0 Å². The fourth-order valence-electron chi connectivity index (χ4n) is 2.56. The van der Waals surface area contributed by atoms with Gasteiger partial charge in [0.1, 0.15) is 0 Å². The molecule has 1 aromatic rings. The van der Waals surface area contributed by atoms with E-state index in [4.69, 9.17) is 0 Å². The van der Waals surface area contributed by atoms with Crippen molar-refractivity contribution in [1.82, 2.24) is 9.80 Å². The molecule has 27 heavy (non-hydrogen) atoms. The lowest BCUT2D eigenvalue weighted by Crippen LogP contribution is -2.44. The second-order valence-corrected chi connectivity index (χ2v) is 5.59. The van der Waals surface area contributed by atoms with E-state index >= 15 is 0 Å². The maximum atomic E-state index is 12.5. The normalized spacial score (nSPS) is 13.0. The van der Waals surface area contributed by atoms with E-state index in [2.05, 4.69) is 4.84 Å². The highest BCUT2D eigenvalue weighted by molar-refractivity contribution is 6.23. The number of benzene rings is 1. The second-order valence-electron chi connectivity index (χ2n) is 5.59. The van der Waals surface area contributed by atoms with Crippen LogP contribution in [0.4, 0.5) is 0 Å². The van der Waals surface area contributed by atoms with Crippen LogP contribution in [0.25, 0.3) is 0 Å². The Labute approximate surface area is 151 Å². The first kappa shape index (κ1) is 19.9. The van der Waals surface area contributed by atoms with Crippen LogP contribution < -0.4 is 0 Å². The molecule has 0 fully saturated rings. The van der Waals surface area contributed by atoms with Crippen LogP contribution in [0.1, 0.15) is 41.4 Å². The topological polar surface area (TPSA) is 168 Å². The molecule has 0 saturated heterocycles. The number of nitrogens with zero attached hydrogens (tertiary/aromatic N) is 3. The Balaban J connectivity index is 2.44. The van der Waals surface area contributed by atoms with Gasteiger partial charge in [-0.3, -0.25) is 28.9 Å². The number of carbonyl (C=O) groups is 4. The maximum absolute atomic E-state index is 12.5. The van der Waals surface area contributed by atoms with Crippen molar-refractivity contribution in [3.05, 3.63) is 44.5 Å². The van der Waals surface area contributed by atoms with Gasteiger partial charge in [-0.15, -0.1) is 10.1 Å². The summed E-state index contributed by atoms with van der Waals surface area (Å²) in [7, 11) is 1.18. The monoisotopic (exact) mass is 381 g/mol. The largest absolute Gasteiger partial charge is 0.394 e. The van der Waals surface area contributed by atoms with E-state index in [-0.39, 0.29) is 22.3 Å². The van der Waals surface area contributed by atoms with Gasteiger partial charge in [0.15, 0.2) is 13.0 Å². The predicted molar refractivity (Wildman–Crippen MR) is 85.3 cm³/mol. The molecule has 144 valence electrons. The third-order valence-corrected chi connectivity index (χ3v) is 3.94. The summed E-state index contributed by atoms with van der Waals surface area (Å²) >= 11 is 0. The van der Waals surface area contributed by atoms with E-state index in [0.29, 0.717) is 11.2 Å². The lowest BCUT2D eigenvalue weighted by molar-refractivity contribution is -0.761. The van der Waals surface area contributed by atoms with E-state index in [0.717, 1.165) is 17.0 Å². The summed E-state index contributed by atoms with van der Waals surface area (Å²) in [4.78, 5) is 64.4. The number of hydrogen-bond acceptors (Lipinski definition) is 9. The third kappa shape index (κ3) is 3.61. The fourth-order valence-corrected chi connectivity index (χ4v) is 2.56. The van der Waals surface area contributed by atoms with Crippen molar-refractivity contribution < 1.29 is 39.3 Å². The minimum Gasteiger partial charge on any atom is -0.394 e. The number of carbonyl (C=O) groups excluding carboxylic acids is 4. The number of aldehydes is 1. The summed E-state index contributed by atoms with van der Waals surface area (Å²) in [6, 6.07) is 0.896. The zero-order valence-corrected chi connectivity index (χ0v) is 14.0. The quantitative estimate of drug-likeness (QED) is 0.182. The van der Waals surface area contributed by atoms with Crippen molar-refractivity contribution in [2.75, 3.05) is 27.0 Å². The van der Waals surface area contributed by atoms with Crippen LogP contribution in [-0.4, -0.2) is 82.1 Å². The highest BCUT2D eigenvalue weighted by Crippen LogP contribution is 2.28. The van der Waals surface area contributed by atoms with Crippen LogP contribution in [0, 0.1) is 10.1 Å². The number of aliphatic hydroxyl groups is 2. The van der Waals surface area contributed by atoms with Gasteiger partial charge in [0.05, 0.1) is 35.9 Å². The van der Waals surface area contributed by atoms with Gasteiger partial charge in [0.25, 0.3) is 22.8 Å². The molecule has 0 spiro atoms. The lowest BCUT2D eigenvalue weighted by Gasteiger charge is -2.21. The SMILES string of the molecule is CN(CO[N+](=O)[O-])C(=O)c1cc2c(cc1C=O)C(=O)N(C(CO)CO)C2=O. The molecule has 1 aromatic carbocycles. The Morgan fingerprint density at radius 1 is 1.30 bits per heavy atom. The van der Waals surface area contributed by atoms with Crippen molar-refractivity contribution in [2.45, 2.75) is 6.04 Å². The van der Waals surface area contributed by atoms with Crippen molar-refractivity contribution in [1.29, 1.82) is 0 Å². The van der Waals surface area contributed by atoms with Gasteiger partial charge in [-0.1, -0.05) is 0 Å². The van der Waals surface area contributed by atoms with Crippen molar-refractivity contribution in [3.63, 3.8) is 0 Å². The number of hydrogen-bond donors (Lipinski definition) is 2. The first-order valence-corrected chi connectivity index (χ1v) is 7.52. The zero-order chi connectivity index (χ0) is 20.3. The van der Waals surface area contributed by atoms with E-state index < -0.39 is 48.8 Å². The van der Waals surface area contributed by atoms with E-state index in [1.807, 2.05) is 0 Å². The Bertz CT molecular complexity index is 819. The number of fused-ring (bicyclic) bond motifs is 1. The molecule has 0 bridgehead atoms. The van der Waals surface area contributed by atoms with Crippen LogP contribution in [0.3, 0.4) is 0 Å². The number of imide groups is 1. The Morgan fingerprint density at radius 2 is 1.85 bits per heavy atom. The molecule has 1 heterocycles. The van der Waals surface area contributed by atoms with Gasteiger partial charge in [0.2, 0.25) is 0 Å². The van der Waals surface area contributed by atoms with Gasteiger partial charge in [0, 0.05) is 12.6 Å². The Kier molecular flexibility index (Phi) is 5.82. The molecule has 2 rings (SSSR count). The van der Waals surface area contributed by atoms with Crippen LogP contribution in [0.15, 0.2) is 12.1 Å². The first-order chi connectivity index (χ1) is 12.8. The average Bonchev–Trinajstić information content (AvgIpc) is 2.90. The Morgan fingerprint density at radius 3 is 2.33 bits per heavy atom. The van der Waals surface area contributed by atoms with Crippen LogP contribution >= 0.6 is 0 Å². The number of aliphatic hydroxyl groups excluding tert-OH is 2. The summed E-state index contributed by atoms with van der Waals surface area (Å²) < 4.78 is 0. The van der Waals surface area contributed by atoms with Gasteiger partial charge in [-0.2, -0.15) is 0 Å². The molecule has 2 N–H and O–H groups in total. The molecule has 0 radical (unpaired) electrons. The molecule has 3 amide bonds. The van der Waals surface area contributed by atoms with Crippen LogP contribution in [-0.2, 0) is 4.84 Å². The molecule has 0 atom stereocenters.